The number of aromatic nitrogens is 1. The lowest BCUT2D eigenvalue weighted by Crippen LogP contribution is -2.31. The second-order valence-electron chi connectivity index (χ2n) is 7.47. The molecule has 0 unspecified atom stereocenters. The van der Waals surface area contributed by atoms with Crippen molar-refractivity contribution in [2.75, 3.05) is 4.90 Å². The summed E-state index contributed by atoms with van der Waals surface area (Å²) < 4.78 is 1.12. The van der Waals surface area contributed by atoms with Gasteiger partial charge in [-0.15, -0.1) is 0 Å². The minimum absolute atomic E-state index is 0.0604. The molecular formula is C25H24N2OS. The maximum Gasteiger partial charge on any atom is 0.233 e. The number of para-hydroxylation sites is 1. The minimum atomic E-state index is 0.0604. The van der Waals surface area contributed by atoms with Crippen LogP contribution in [0.2, 0.25) is 0 Å². The van der Waals surface area contributed by atoms with E-state index < -0.39 is 0 Å². The Bertz CT molecular complexity index is 1100. The monoisotopic (exact) mass is 400 g/mol. The van der Waals surface area contributed by atoms with Crippen LogP contribution in [0, 0.1) is 0 Å². The van der Waals surface area contributed by atoms with Gasteiger partial charge in [0.25, 0.3) is 0 Å². The Hall–Kier alpha value is -2.98. The number of carbonyl (C=O) groups is 1. The average Bonchev–Trinajstić information content (AvgIpc) is 3.17. The van der Waals surface area contributed by atoms with Gasteiger partial charge in [-0.25, -0.2) is 4.98 Å². The van der Waals surface area contributed by atoms with Gasteiger partial charge in [0.2, 0.25) is 5.91 Å². The van der Waals surface area contributed by atoms with Gasteiger partial charge in [0.1, 0.15) is 0 Å². The molecule has 4 aromatic rings. The second-order valence-corrected chi connectivity index (χ2v) is 8.48. The van der Waals surface area contributed by atoms with Gasteiger partial charge in [0.05, 0.1) is 23.2 Å². The first kappa shape index (κ1) is 19.3. The van der Waals surface area contributed by atoms with Crippen LogP contribution < -0.4 is 4.90 Å². The fourth-order valence-electron chi connectivity index (χ4n) is 3.43. The van der Waals surface area contributed by atoms with Crippen LogP contribution in [0.3, 0.4) is 0 Å². The molecule has 0 saturated carbocycles. The third kappa shape index (κ3) is 4.38. The second kappa shape index (κ2) is 8.58. The lowest BCUT2D eigenvalue weighted by Gasteiger charge is -2.20. The van der Waals surface area contributed by atoms with Crippen molar-refractivity contribution in [2.45, 2.75) is 32.7 Å². The van der Waals surface area contributed by atoms with Gasteiger partial charge >= 0.3 is 0 Å². The molecule has 4 heteroatoms. The number of rotatable bonds is 6. The predicted octanol–water partition coefficient (Wildman–Crippen LogP) is 6.20. The summed E-state index contributed by atoms with van der Waals surface area (Å²) in [5.41, 5.74) is 4.34. The van der Waals surface area contributed by atoms with Crippen LogP contribution >= 0.6 is 11.3 Å². The maximum absolute atomic E-state index is 13.3. The lowest BCUT2D eigenvalue weighted by molar-refractivity contribution is -0.118. The molecule has 4 rings (SSSR count). The zero-order valence-corrected chi connectivity index (χ0v) is 17.5. The van der Waals surface area contributed by atoms with Gasteiger partial charge in [0.15, 0.2) is 5.13 Å². The van der Waals surface area contributed by atoms with Crippen LogP contribution in [0.5, 0.6) is 0 Å². The van der Waals surface area contributed by atoms with Crippen molar-refractivity contribution in [3.63, 3.8) is 0 Å². The van der Waals surface area contributed by atoms with E-state index in [1.807, 2.05) is 53.4 Å². The highest BCUT2D eigenvalue weighted by molar-refractivity contribution is 7.22. The highest BCUT2D eigenvalue weighted by Crippen LogP contribution is 2.34. The van der Waals surface area contributed by atoms with Crippen molar-refractivity contribution >= 4 is 32.6 Å². The minimum Gasteiger partial charge on any atom is -0.283 e. The Kier molecular flexibility index (Phi) is 5.72. The highest BCUT2D eigenvalue weighted by atomic mass is 32.1. The number of benzene rings is 3. The van der Waals surface area contributed by atoms with Gasteiger partial charge in [-0.2, -0.15) is 0 Å². The smallest absolute Gasteiger partial charge is 0.233 e. The molecule has 0 N–H and O–H groups in total. The molecule has 0 aliphatic carbocycles. The van der Waals surface area contributed by atoms with E-state index in [9.17, 15) is 4.79 Å². The van der Waals surface area contributed by atoms with Crippen molar-refractivity contribution in [1.29, 1.82) is 0 Å². The van der Waals surface area contributed by atoms with Gasteiger partial charge in [-0.1, -0.05) is 98.0 Å². The fraction of sp³-hybridized carbons (Fsp3) is 0.200. The number of nitrogens with zero attached hydrogens (tertiary/aromatic N) is 2. The van der Waals surface area contributed by atoms with Crippen molar-refractivity contribution in [3.05, 3.63) is 95.6 Å². The first-order valence-corrected chi connectivity index (χ1v) is 10.7. The zero-order valence-electron chi connectivity index (χ0n) is 16.7. The molecule has 0 fully saturated rings. The maximum atomic E-state index is 13.3. The summed E-state index contributed by atoms with van der Waals surface area (Å²) in [4.78, 5) is 20.1. The fourth-order valence-corrected chi connectivity index (χ4v) is 4.45. The van der Waals surface area contributed by atoms with Crippen LogP contribution in [0.15, 0.2) is 78.9 Å². The molecule has 1 amide bonds. The summed E-state index contributed by atoms with van der Waals surface area (Å²) in [6, 6.07) is 26.3. The SMILES string of the molecule is CC(C)c1cccc2sc(N(Cc3ccccc3)C(=O)Cc3ccccc3)nc12. The Morgan fingerprint density at radius 2 is 1.55 bits per heavy atom. The molecule has 3 aromatic carbocycles. The molecule has 1 aromatic heterocycles. The lowest BCUT2D eigenvalue weighted by atomic mass is 10.0. The molecule has 146 valence electrons. The standard InChI is InChI=1S/C25H24N2OS/c1-18(2)21-14-9-15-22-24(21)26-25(29-22)27(17-20-12-7-4-8-13-20)23(28)16-19-10-5-3-6-11-19/h3-15,18H,16-17H2,1-2H3. The van der Waals surface area contributed by atoms with E-state index >= 15 is 0 Å². The van der Waals surface area contributed by atoms with Gasteiger partial charge in [-0.3, -0.25) is 9.69 Å². The summed E-state index contributed by atoms with van der Waals surface area (Å²) in [6.07, 6.45) is 0.362. The van der Waals surface area contributed by atoms with E-state index in [2.05, 4.69) is 44.2 Å². The number of carbonyl (C=O) groups excluding carboxylic acids is 1. The largest absolute Gasteiger partial charge is 0.283 e. The summed E-state index contributed by atoms with van der Waals surface area (Å²) in [5, 5.41) is 0.762. The molecule has 0 atom stereocenters. The summed E-state index contributed by atoms with van der Waals surface area (Å²) >= 11 is 1.59. The van der Waals surface area contributed by atoms with Crippen LogP contribution in [-0.4, -0.2) is 10.9 Å². The predicted molar refractivity (Wildman–Crippen MR) is 121 cm³/mol. The van der Waals surface area contributed by atoms with Crippen LogP contribution in [0.4, 0.5) is 5.13 Å². The first-order valence-electron chi connectivity index (χ1n) is 9.89. The number of hydrogen-bond acceptors (Lipinski definition) is 3. The summed E-state index contributed by atoms with van der Waals surface area (Å²) in [5.74, 6) is 0.446. The van der Waals surface area contributed by atoms with Crippen molar-refractivity contribution in [1.82, 2.24) is 4.98 Å². The Morgan fingerprint density at radius 1 is 0.897 bits per heavy atom. The van der Waals surface area contributed by atoms with Crippen LogP contribution in [0.25, 0.3) is 10.2 Å². The van der Waals surface area contributed by atoms with E-state index in [1.165, 1.54) is 5.56 Å². The van der Waals surface area contributed by atoms with Crippen molar-refractivity contribution < 1.29 is 4.79 Å². The Labute approximate surface area is 175 Å². The van der Waals surface area contributed by atoms with Crippen molar-refractivity contribution in [3.8, 4) is 0 Å². The molecule has 1 heterocycles. The molecule has 0 aliphatic heterocycles. The Balaban J connectivity index is 1.72. The van der Waals surface area contributed by atoms with E-state index in [1.54, 1.807) is 11.3 Å². The molecular weight excluding hydrogens is 376 g/mol. The quantitative estimate of drug-likeness (QED) is 0.386. The third-order valence-corrected chi connectivity index (χ3v) is 6.02. The highest BCUT2D eigenvalue weighted by Gasteiger charge is 2.21. The van der Waals surface area contributed by atoms with E-state index in [0.717, 1.165) is 26.5 Å². The normalized spacial score (nSPS) is 11.1. The van der Waals surface area contributed by atoms with E-state index in [0.29, 0.717) is 18.9 Å². The number of anilines is 1. The average molecular weight is 401 g/mol. The van der Waals surface area contributed by atoms with E-state index in [-0.39, 0.29) is 5.91 Å². The Morgan fingerprint density at radius 3 is 2.21 bits per heavy atom. The molecule has 3 nitrogen and oxygen atoms in total. The van der Waals surface area contributed by atoms with Crippen molar-refractivity contribution in [2.24, 2.45) is 0 Å². The van der Waals surface area contributed by atoms with Crippen LogP contribution in [0.1, 0.15) is 36.5 Å². The van der Waals surface area contributed by atoms with Gasteiger partial charge in [0, 0.05) is 0 Å². The number of fused-ring (bicyclic) bond motifs is 1. The number of amides is 1. The molecule has 0 spiro atoms. The molecule has 0 bridgehead atoms. The van der Waals surface area contributed by atoms with Gasteiger partial charge in [-0.05, 0) is 28.7 Å². The topological polar surface area (TPSA) is 33.2 Å². The molecule has 29 heavy (non-hydrogen) atoms. The summed E-state index contributed by atoms with van der Waals surface area (Å²) in [6.45, 7) is 4.87. The van der Waals surface area contributed by atoms with E-state index in [4.69, 9.17) is 4.98 Å². The first-order chi connectivity index (χ1) is 14.1. The molecule has 0 aliphatic rings. The van der Waals surface area contributed by atoms with Crippen LogP contribution in [-0.2, 0) is 17.8 Å². The van der Waals surface area contributed by atoms with Gasteiger partial charge < -0.3 is 0 Å². The number of thiazole rings is 1. The molecule has 0 radical (unpaired) electrons. The third-order valence-electron chi connectivity index (χ3n) is 4.97. The number of hydrogen-bond donors (Lipinski definition) is 0. The zero-order chi connectivity index (χ0) is 20.2. The molecule has 0 saturated heterocycles. The summed E-state index contributed by atoms with van der Waals surface area (Å²) in [7, 11) is 0.